The highest BCUT2D eigenvalue weighted by Crippen LogP contribution is 2.35. The fourth-order valence-corrected chi connectivity index (χ4v) is 2.56. The molecule has 1 aliphatic heterocycles. The largest absolute Gasteiger partial charge is 0.493 e. The van der Waals surface area contributed by atoms with Crippen molar-refractivity contribution < 1.29 is 4.74 Å². The van der Waals surface area contributed by atoms with Gasteiger partial charge in [0, 0.05) is 17.0 Å². The monoisotopic (exact) mass is 259 g/mol. The van der Waals surface area contributed by atoms with Crippen molar-refractivity contribution in [2.75, 3.05) is 6.61 Å². The van der Waals surface area contributed by atoms with Crippen molar-refractivity contribution in [3.05, 3.63) is 64.2 Å². The van der Waals surface area contributed by atoms with Gasteiger partial charge < -0.3 is 10.5 Å². The fourth-order valence-electron chi connectivity index (χ4n) is 2.37. The van der Waals surface area contributed by atoms with Gasteiger partial charge in [-0.25, -0.2) is 0 Å². The highest BCUT2D eigenvalue weighted by molar-refractivity contribution is 6.30. The third-order valence-electron chi connectivity index (χ3n) is 3.29. The molecule has 1 aliphatic rings. The van der Waals surface area contributed by atoms with Crippen LogP contribution in [0.2, 0.25) is 5.02 Å². The van der Waals surface area contributed by atoms with Gasteiger partial charge in [-0.15, -0.1) is 0 Å². The molecule has 0 aromatic heterocycles. The Kier molecular flexibility index (Phi) is 2.98. The minimum atomic E-state index is -0.197. The number of para-hydroxylation sites is 1. The third-order valence-corrected chi connectivity index (χ3v) is 3.52. The standard InChI is InChI=1S/C15H14ClNO/c16-12-5-1-4-11(9-12)14(17)13-6-2-3-10-7-8-18-15(10)13/h1-6,9,14H,7-8,17H2. The van der Waals surface area contributed by atoms with Crippen LogP contribution in [0.5, 0.6) is 5.75 Å². The maximum absolute atomic E-state index is 6.32. The van der Waals surface area contributed by atoms with Crippen molar-refractivity contribution in [1.29, 1.82) is 0 Å². The molecule has 0 spiro atoms. The second-order valence-electron chi connectivity index (χ2n) is 4.47. The Morgan fingerprint density at radius 1 is 1.17 bits per heavy atom. The molecule has 3 heteroatoms. The first-order chi connectivity index (χ1) is 8.75. The third kappa shape index (κ3) is 1.98. The molecule has 0 radical (unpaired) electrons. The van der Waals surface area contributed by atoms with Crippen LogP contribution in [0.3, 0.4) is 0 Å². The Hall–Kier alpha value is -1.51. The average molecular weight is 260 g/mol. The van der Waals surface area contributed by atoms with Crippen LogP contribution in [0, 0.1) is 0 Å². The molecule has 18 heavy (non-hydrogen) atoms. The van der Waals surface area contributed by atoms with E-state index in [1.54, 1.807) is 0 Å². The Bertz CT molecular complexity index is 582. The molecule has 0 saturated heterocycles. The van der Waals surface area contributed by atoms with Gasteiger partial charge in [0.05, 0.1) is 12.6 Å². The van der Waals surface area contributed by atoms with Gasteiger partial charge >= 0.3 is 0 Å². The number of fused-ring (bicyclic) bond motifs is 1. The molecule has 0 saturated carbocycles. The number of hydrogen-bond donors (Lipinski definition) is 1. The summed E-state index contributed by atoms with van der Waals surface area (Å²) in [6.07, 6.45) is 0.964. The van der Waals surface area contributed by atoms with Gasteiger partial charge in [-0.1, -0.05) is 41.9 Å². The van der Waals surface area contributed by atoms with E-state index in [2.05, 4.69) is 6.07 Å². The van der Waals surface area contributed by atoms with Gasteiger partial charge in [-0.3, -0.25) is 0 Å². The van der Waals surface area contributed by atoms with Gasteiger partial charge in [-0.2, -0.15) is 0 Å². The molecule has 2 nitrogen and oxygen atoms in total. The van der Waals surface area contributed by atoms with E-state index in [9.17, 15) is 0 Å². The first kappa shape index (κ1) is 11.6. The maximum atomic E-state index is 6.32. The summed E-state index contributed by atoms with van der Waals surface area (Å²) in [7, 11) is 0. The first-order valence-corrected chi connectivity index (χ1v) is 6.39. The quantitative estimate of drug-likeness (QED) is 0.898. The van der Waals surface area contributed by atoms with E-state index < -0.39 is 0 Å². The summed E-state index contributed by atoms with van der Waals surface area (Å²) >= 11 is 6.01. The van der Waals surface area contributed by atoms with Crippen LogP contribution < -0.4 is 10.5 Å². The minimum absolute atomic E-state index is 0.197. The summed E-state index contributed by atoms with van der Waals surface area (Å²) in [6, 6.07) is 13.6. The topological polar surface area (TPSA) is 35.2 Å². The molecule has 0 fully saturated rings. The van der Waals surface area contributed by atoms with Crippen molar-refractivity contribution in [2.24, 2.45) is 5.73 Å². The number of ether oxygens (including phenoxy) is 1. The molecule has 2 aromatic carbocycles. The van der Waals surface area contributed by atoms with Crippen molar-refractivity contribution in [2.45, 2.75) is 12.5 Å². The van der Waals surface area contributed by atoms with E-state index in [4.69, 9.17) is 22.1 Å². The summed E-state index contributed by atoms with van der Waals surface area (Å²) in [6.45, 7) is 0.745. The molecular formula is C15H14ClNO. The van der Waals surface area contributed by atoms with E-state index in [0.717, 1.165) is 29.9 Å². The maximum Gasteiger partial charge on any atom is 0.127 e. The van der Waals surface area contributed by atoms with Crippen molar-refractivity contribution >= 4 is 11.6 Å². The zero-order chi connectivity index (χ0) is 12.5. The Balaban J connectivity index is 2.03. The van der Waals surface area contributed by atoms with Crippen LogP contribution in [0.1, 0.15) is 22.7 Å². The molecule has 2 aromatic rings. The average Bonchev–Trinajstić information content (AvgIpc) is 2.86. The summed E-state index contributed by atoms with van der Waals surface area (Å²) in [4.78, 5) is 0. The van der Waals surface area contributed by atoms with Crippen LogP contribution in [0.4, 0.5) is 0 Å². The predicted octanol–water partition coefficient (Wildman–Crippen LogP) is 3.32. The van der Waals surface area contributed by atoms with Gasteiger partial charge in [0.25, 0.3) is 0 Å². The normalized spacial score (nSPS) is 15.0. The molecule has 0 amide bonds. The Labute approximate surface area is 111 Å². The van der Waals surface area contributed by atoms with Crippen LogP contribution in [0.15, 0.2) is 42.5 Å². The van der Waals surface area contributed by atoms with Crippen molar-refractivity contribution in [3.63, 3.8) is 0 Å². The van der Waals surface area contributed by atoms with E-state index in [0.29, 0.717) is 5.02 Å². The summed E-state index contributed by atoms with van der Waals surface area (Å²) in [5.74, 6) is 0.949. The number of hydrogen-bond acceptors (Lipinski definition) is 2. The van der Waals surface area contributed by atoms with Gasteiger partial charge in [-0.05, 0) is 23.3 Å². The molecular weight excluding hydrogens is 246 g/mol. The van der Waals surface area contributed by atoms with Crippen LogP contribution in [-0.4, -0.2) is 6.61 Å². The summed E-state index contributed by atoms with van der Waals surface area (Å²) in [5, 5.41) is 0.705. The van der Waals surface area contributed by atoms with Gasteiger partial charge in [0.15, 0.2) is 0 Å². The fraction of sp³-hybridized carbons (Fsp3) is 0.200. The van der Waals surface area contributed by atoms with E-state index in [1.807, 2.05) is 36.4 Å². The van der Waals surface area contributed by atoms with Crippen LogP contribution >= 0.6 is 11.6 Å². The number of halogens is 1. The lowest BCUT2D eigenvalue weighted by molar-refractivity contribution is 0.352. The SMILES string of the molecule is NC(c1cccc(Cl)c1)c1cccc2c1OCC2. The molecule has 0 aliphatic carbocycles. The summed E-state index contributed by atoms with van der Waals surface area (Å²) < 4.78 is 5.69. The Morgan fingerprint density at radius 3 is 2.83 bits per heavy atom. The number of rotatable bonds is 2. The van der Waals surface area contributed by atoms with E-state index in [-0.39, 0.29) is 6.04 Å². The second kappa shape index (κ2) is 4.63. The van der Waals surface area contributed by atoms with Crippen molar-refractivity contribution in [1.82, 2.24) is 0 Å². The second-order valence-corrected chi connectivity index (χ2v) is 4.90. The molecule has 92 valence electrons. The lowest BCUT2D eigenvalue weighted by atomic mass is 9.97. The molecule has 2 N–H and O–H groups in total. The number of benzene rings is 2. The molecule has 1 unspecified atom stereocenters. The van der Waals surface area contributed by atoms with Crippen LogP contribution in [-0.2, 0) is 6.42 Å². The smallest absolute Gasteiger partial charge is 0.127 e. The van der Waals surface area contributed by atoms with Gasteiger partial charge in [0.1, 0.15) is 5.75 Å². The lowest BCUT2D eigenvalue weighted by Gasteiger charge is -2.16. The zero-order valence-corrected chi connectivity index (χ0v) is 10.7. The predicted molar refractivity (Wildman–Crippen MR) is 73.1 cm³/mol. The molecule has 1 atom stereocenters. The first-order valence-electron chi connectivity index (χ1n) is 6.01. The van der Waals surface area contributed by atoms with Gasteiger partial charge in [0.2, 0.25) is 0 Å². The summed E-state index contributed by atoms with van der Waals surface area (Å²) in [5.41, 5.74) is 9.60. The molecule has 1 heterocycles. The molecule has 0 bridgehead atoms. The van der Waals surface area contributed by atoms with Crippen molar-refractivity contribution in [3.8, 4) is 5.75 Å². The number of nitrogens with two attached hydrogens (primary N) is 1. The van der Waals surface area contributed by atoms with Crippen LogP contribution in [0.25, 0.3) is 0 Å². The van der Waals surface area contributed by atoms with E-state index in [1.165, 1.54) is 5.56 Å². The van der Waals surface area contributed by atoms with E-state index >= 15 is 0 Å². The lowest BCUT2D eigenvalue weighted by Crippen LogP contribution is -2.12. The Morgan fingerprint density at radius 2 is 2.00 bits per heavy atom. The highest BCUT2D eigenvalue weighted by Gasteiger charge is 2.20. The minimum Gasteiger partial charge on any atom is -0.493 e. The molecule has 3 rings (SSSR count). The highest BCUT2D eigenvalue weighted by atomic mass is 35.5. The zero-order valence-electron chi connectivity index (χ0n) is 9.90.